The molecule has 0 bridgehead atoms. The maximum absolute atomic E-state index is 12.3. The van der Waals surface area contributed by atoms with E-state index in [1.165, 1.54) is 5.56 Å². The summed E-state index contributed by atoms with van der Waals surface area (Å²) in [5.74, 6) is 0.796. The molecule has 0 saturated carbocycles. The fourth-order valence-corrected chi connectivity index (χ4v) is 3.07. The molecule has 0 spiro atoms. The van der Waals surface area contributed by atoms with Crippen molar-refractivity contribution >= 4 is 26.8 Å². The SMILES string of the molecule is Cc1ccc(OCCOCCn2cnc3ccccc3c2=O)c(Br)c1. The lowest BCUT2D eigenvalue weighted by molar-refractivity contribution is 0.0936. The monoisotopic (exact) mass is 402 g/mol. The zero-order valence-electron chi connectivity index (χ0n) is 13.9. The highest BCUT2D eigenvalue weighted by molar-refractivity contribution is 9.10. The minimum Gasteiger partial charge on any atom is -0.490 e. The highest BCUT2D eigenvalue weighted by atomic mass is 79.9. The number of rotatable bonds is 7. The van der Waals surface area contributed by atoms with E-state index in [4.69, 9.17) is 9.47 Å². The highest BCUT2D eigenvalue weighted by Crippen LogP contribution is 2.25. The summed E-state index contributed by atoms with van der Waals surface area (Å²) in [6.07, 6.45) is 1.56. The van der Waals surface area contributed by atoms with Gasteiger partial charge in [0.1, 0.15) is 12.4 Å². The summed E-state index contributed by atoms with van der Waals surface area (Å²) in [6, 6.07) is 13.3. The maximum Gasteiger partial charge on any atom is 0.261 e. The van der Waals surface area contributed by atoms with Gasteiger partial charge < -0.3 is 9.47 Å². The van der Waals surface area contributed by atoms with Crippen LogP contribution in [0.25, 0.3) is 10.9 Å². The Morgan fingerprint density at radius 3 is 2.80 bits per heavy atom. The van der Waals surface area contributed by atoms with Gasteiger partial charge >= 0.3 is 0 Å². The fraction of sp³-hybridized carbons (Fsp3) is 0.263. The van der Waals surface area contributed by atoms with Crippen LogP contribution in [0.15, 0.2) is 58.1 Å². The summed E-state index contributed by atoms with van der Waals surface area (Å²) in [7, 11) is 0. The summed E-state index contributed by atoms with van der Waals surface area (Å²) in [5, 5.41) is 0.623. The minimum atomic E-state index is -0.0472. The molecule has 3 aromatic rings. The van der Waals surface area contributed by atoms with Crippen LogP contribution in [0.4, 0.5) is 0 Å². The molecule has 0 amide bonds. The lowest BCUT2D eigenvalue weighted by atomic mass is 10.2. The number of nitrogens with zero attached hydrogens (tertiary/aromatic N) is 2. The molecule has 0 fully saturated rings. The van der Waals surface area contributed by atoms with Gasteiger partial charge in [-0.3, -0.25) is 9.36 Å². The number of hydrogen-bond donors (Lipinski definition) is 0. The van der Waals surface area contributed by atoms with Crippen LogP contribution in [-0.2, 0) is 11.3 Å². The van der Waals surface area contributed by atoms with E-state index in [9.17, 15) is 4.79 Å². The third-order valence-electron chi connectivity index (χ3n) is 3.78. The topological polar surface area (TPSA) is 53.4 Å². The molecule has 0 saturated heterocycles. The second kappa shape index (κ2) is 8.27. The average Bonchev–Trinajstić information content (AvgIpc) is 2.61. The number of ether oxygens (including phenoxy) is 2. The Balaban J connectivity index is 1.46. The molecule has 0 radical (unpaired) electrons. The second-order valence-corrected chi connectivity index (χ2v) is 6.51. The molecule has 0 aliphatic heterocycles. The van der Waals surface area contributed by atoms with Gasteiger partial charge in [0.25, 0.3) is 5.56 Å². The molecule has 0 atom stereocenters. The lowest BCUT2D eigenvalue weighted by Crippen LogP contribution is -2.23. The Kier molecular flexibility index (Phi) is 5.83. The first kappa shape index (κ1) is 17.6. The molecule has 130 valence electrons. The van der Waals surface area contributed by atoms with Crippen molar-refractivity contribution in [1.82, 2.24) is 9.55 Å². The van der Waals surface area contributed by atoms with Crippen molar-refractivity contribution in [2.24, 2.45) is 0 Å². The molecular weight excluding hydrogens is 384 g/mol. The third-order valence-corrected chi connectivity index (χ3v) is 4.40. The number of para-hydroxylation sites is 1. The predicted octanol–water partition coefficient (Wildman–Crippen LogP) is 3.56. The second-order valence-electron chi connectivity index (χ2n) is 5.65. The standard InChI is InChI=1S/C19H19BrN2O3/c1-14-6-7-18(16(20)12-14)25-11-10-24-9-8-22-13-21-17-5-3-2-4-15(17)19(22)23/h2-7,12-13H,8-11H2,1H3. The summed E-state index contributed by atoms with van der Waals surface area (Å²) >= 11 is 3.48. The number of benzene rings is 2. The van der Waals surface area contributed by atoms with Crippen LogP contribution in [0, 0.1) is 6.92 Å². The highest BCUT2D eigenvalue weighted by Gasteiger charge is 2.04. The predicted molar refractivity (Wildman–Crippen MR) is 101 cm³/mol. The Bertz CT molecular complexity index is 924. The van der Waals surface area contributed by atoms with Gasteiger partial charge in [-0.15, -0.1) is 0 Å². The van der Waals surface area contributed by atoms with Gasteiger partial charge in [0.05, 0.1) is 41.5 Å². The van der Waals surface area contributed by atoms with E-state index >= 15 is 0 Å². The van der Waals surface area contributed by atoms with Gasteiger partial charge in [-0.05, 0) is 52.7 Å². The van der Waals surface area contributed by atoms with Crippen molar-refractivity contribution < 1.29 is 9.47 Å². The number of aryl methyl sites for hydroxylation is 1. The molecule has 0 N–H and O–H groups in total. The number of halogens is 1. The molecule has 2 aromatic carbocycles. The van der Waals surface area contributed by atoms with E-state index < -0.39 is 0 Å². The van der Waals surface area contributed by atoms with E-state index in [0.29, 0.717) is 37.3 Å². The molecular formula is C19H19BrN2O3. The van der Waals surface area contributed by atoms with E-state index in [0.717, 1.165) is 10.2 Å². The molecule has 0 aliphatic carbocycles. The zero-order valence-corrected chi connectivity index (χ0v) is 15.5. The number of fused-ring (bicyclic) bond motifs is 1. The number of hydrogen-bond acceptors (Lipinski definition) is 4. The zero-order chi connectivity index (χ0) is 17.6. The van der Waals surface area contributed by atoms with Crippen molar-refractivity contribution in [3.05, 3.63) is 69.2 Å². The lowest BCUT2D eigenvalue weighted by Gasteiger charge is -2.10. The normalized spacial score (nSPS) is 11.0. The van der Waals surface area contributed by atoms with Gasteiger partial charge in [0.15, 0.2) is 0 Å². The van der Waals surface area contributed by atoms with Gasteiger partial charge in [0.2, 0.25) is 0 Å². The summed E-state index contributed by atoms with van der Waals surface area (Å²) < 4.78 is 13.7. The Hall–Kier alpha value is -2.18. The molecule has 0 aliphatic rings. The summed E-state index contributed by atoms with van der Waals surface area (Å²) in [5.41, 5.74) is 1.83. The number of aromatic nitrogens is 2. The van der Waals surface area contributed by atoms with Crippen LogP contribution in [0.3, 0.4) is 0 Å². The summed E-state index contributed by atoms with van der Waals surface area (Å²) in [4.78, 5) is 16.6. The molecule has 0 unspecified atom stereocenters. The van der Waals surface area contributed by atoms with Gasteiger partial charge in [-0.2, -0.15) is 0 Å². The Labute approximate surface area is 154 Å². The van der Waals surface area contributed by atoms with Crippen molar-refractivity contribution in [1.29, 1.82) is 0 Å². The minimum absolute atomic E-state index is 0.0472. The van der Waals surface area contributed by atoms with Crippen LogP contribution >= 0.6 is 15.9 Å². The van der Waals surface area contributed by atoms with E-state index in [1.807, 2.05) is 43.3 Å². The molecule has 5 nitrogen and oxygen atoms in total. The van der Waals surface area contributed by atoms with Crippen LogP contribution in [0.1, 0.15) is 5.56 Å². The van der Waals surface area contributed by atoms with E-state index in [1.54, 1.807) is 17.0 Å². The van der Waals surface area contributed by atoms with Crippen LogP contribution in [-0.4, -0.2) is 29.4 Å². The molecule has 1 heterocycles. The van der Waals surface area contributed by atoms with Gasteiger partial charge in [-0.1, -0.05) is 18.2 Å². The quantitative estimate of drug-likeness (QED) is 0.566. The van der Waals surface area contributed by atoms with Crippen molar-refractivity contribution in [3.8, 4) is 5.75 Å². The van der Waals surface area contributed by atoms with E-state index in [-0.39, 0.29) is 5.56 Å². The Morgan fingerprint density at radius 1 is 1.12 bits per heavy atom. The molecule has 3 rings (SSSR count). The van der Waals surface area contributed by atoms with Crippen LogP contribution < -0.4 is 10.3 Å². The Morgan fingerprint density at radius 2 is 1.96 bits per heavy atom. The molecule has 25 heavy (non-hydrogen) atoms. The van der Waals surface area contributed by atoms with E-state index in [2.05, 4.69) is 20.9 Å². The summed E-state index contributed by atoms with van der Waals surface area (Å²) in [6.45, 7) is 3.83. The first-order valence-corrected chi connectivity index (χ1v) is 8.85. The molecule has 1 aromatic heterocycles. The van der Waals surface area contributed by atoms with Gasteiger partial charge in [0, 0.05) is 0 Å². The first-order chi connectivity index (χ1) is 12.1. The maximum atomic E-state index is 12.3. The van der Waals surface area contributed by atoms with Gasteiger partial charge in [-0.25, -0.2) is 4.98 Å². The largest absolute Gasteiger partial charge is 0.490 e. The van der Waals surface area contributed by atoms with Crippen molar-refractivity contribution in [2.75, 3.05) is 19.8 Å². The van der Waals surface area contributed by atoms with Crippen molar-refractivity contribution in [3.63, 3.8) is 0 Å². The average molecular weight is 403 g/mol. The smallest absolute Gasteiger partial charge is 0.261 e. The van der Waals surface area contributed by atoms with Crippen LogP contribution in [0.5, 0.6) is 5.75 Å². The third kappa shape index (κ3) is 4.46. The molecule has 6 heteroatoms. The fourth-order valence-electron chi connectivity index (χ4n) is 2.46. The van der Waals surface area contributed by atoms with Crippen LogP contribution in [0.2, 0.25) is 0 Å². The van der Waals surface area contributed by atoms with Crippen molar-refractivity contribution in [2.45, 2.75) is 13.5 Å². The first-order valence-electron chi connectivity index (χ1n) is 8.06.